The summed E-state index contributed by atoms with van der Waals surface area (Å²) >= 11 is 0. The van der Waals surface area contributed by atoms with E-state index in [0.717, 1.165) is 0 Å². The molecule has 3 rings (SSSR count). The number of carbonyl (C=O) groups is 2. The molecule has 112 valence electrons. The lowest BCUT2D eigenvalue weighted by molar-refractivity contribution is -0.205. The Bertz CT molecular complexity index is 440. The minimum Gasteiger partial charge on any atom is -0.394 e. The van der Waals surface area contributed by atoms with Crippen LogP contribution in [-0.4, -0.2) is 65.4 Å². The number of nitrogens with zero attached hydrogens (tertiary/aromatic N) is 1. The average Bonchev–Trinajstić information content (AvgIpc) is 2.83. The number of nitrogens with one attached hydrogen (secondary N) is 1. The summed E-state index contributed by atoms with van der Waals surface area (Å²) in [6.07, 6.45) is -1.88. The van der Waals surface area contributed by atoms with Crippen molar-refractivity contribution in [2.75, 3.05) is 13.2 Å². The maximum absolute atomic E-state index is 11.9. The molecule has 4 atom stereocenters. The van der Waals surface area contributed by atoms with Crippen LogP contribution in [0, 0.1) is 0 Å². The minimum absolute atomic E-state index is 0.217. The highest BCUT2D eigenvalue weighted by atomic mass is 16.8. The zero-order valence-electron chi connectivity index (χ0n) is 11.4. The molecule has 2 N–H and O–H groups in total. The summed E-state index contributed by atoms with van der Waals surface area (Å²) in [7, 11) is 0. The van der Waals surface area contributed by atoms with Gasteiger partial charge in [-0.1, -0.05) is 0 Å². The second-order valence-electron chi connectivity index (χ2n) is 5.61. The molecule has 0 aromatic rings. The Hall–Kier alpha value is -1.22. The van der Waals surface area contributed by atoms with Gasteiger partial charge in [0.25, 0.3) is 0 Å². The third kappa shape index (κ3) is 2.18. The molecule has 0 bridgehead atoms. The Morgan fingerprint density at radius 2 is 2.05 bits per heavy atom. The fraction of sp³-hybridized carbons (Fsp3) is 0.833. The van der Waals surface area contributed by atoms with Crippen LogP contribution in [0.3, 0.4) is 0 Å². The van der Waals surface area contributed by atoms with Gasteiger partial charge in [-0.05, 0) is 13.8 Å². The van der Waals surface area contributed by atoms with Gasteiger partial charge in [0.15, 0.2) is 12.0 Å². The quantitative estimate of drug-likeness (QED) is 0.687. The fourth-order valence-electron chi connectivity index (χ4n) is 2.88. The van der Waals surface area contributed by atoms with E-state index in [4.69, 9.17) is 14.2 Å². The van der Waals surface area contributed by atoms with E-state index in [1.54, 1.807) is 13.8 Å². The maximum Gasteiger partial charge on any atom is 0.326 e. The van der Waals surface area contributed by atoms with Gasteiger partial charge in [0, 0.05) is 13.0 Å². The standard InChI is InChI=1S/C12H18N2O6/c1-12(2)19-8-6(5-15)18-10(9(8)20-12)14-4-3-7(16)13-11(14)17/h6,8-10,15H,3-5H2,1-2H3,(H,13,16,17)/t6-,8-,9-,10-/m1/s1. The van der Waals surface area contributed by atoms with Gasteiger partial charge < -0.3 is 19.3 Å². The monoisotopic (exact) mass is 286 g/mol. The van der Waals surface area contributed by atoms with Crippen LogP contribution in [0.1, 0.15) is 20.3 Å². The van der Waals surface area contributed by atoms with Gasteiger partial charge in [0.2, 0.25) is 5.91 Å². The van der Waals surface area contributed by atoms with E-state index >= 15 is 0 Å². The number of amides is 3. The lowest BCUT2D eigenvalue weighted by Crippen LogP contribution is -2.56. The van der Waals surface area contributed by atoms with E-state index in [1.165, 1.54) is 4.90 Å². The van der Waals surface area contributed by atoms with Gasteiger partial charge in [-0.25, -0.2) is 4.79 Å². The second kappa shape index (κ2) is 4.66. The minimum atomic E-state index is -0.785. The first kappa shape index (κ1) is 13.7. The summed E-state index contributed by atoms with van der Waals surface area (Å²) in [5.41, 5.74) is 0. The van der Waals surface area contributed by atoms with Crippen LogP contribution >= 0.6 is 0 Å². The summed E-state index contributed by atoms with van der Waals surface area (Å²) in [5, 5.41) is 11.6. The summed E-state index contributed by atoms with van der Waals surface area (Å²) in [5.74, 6) is -1.09. The van der Waals surface area contributed by atoms with Crippen molar-refractivity contribution in [1.29, 1.82) is 0 Å². The summed E-state index contributed by atoms with van der Waals surface area (Å²) in [6.45, 7) is 3.60. The first-order valence-electron chi connectivity index (χ1n) is 6.64. The van der Waals surface area contributed by atoms with Gasteiger partial charge in [-0.3, -0.25) is 15.0 Å². The number of hydrogen-bond donors (Lipinski definition) is 2. The molecule has 3 heterocycles. The van der Waals surface area contributed by atoms with Crippen molar-refractivity contribution in [1.82, 2.24) is 10.2 Å². The van der Waals surface area contributed by atoms with Crippen molar-refractivity contribution < 1.29 is 28.9 Å². The highest BCUT2D eigenvalue weighted by molar-refractivity contribution is 5.96. The van der Waals surface area contributed by atoms with E-state index in [9.17, 15) is 14.7 Å². The summed E-state index contributed by atoms with van der Waals surface area (Å²) in [4.78, 5) is 24.5. The van der Waals surface area contributed by atoms with Crippen molar-refractivity contribution >= 4 is 11.9 Å². The second-order valence-corrected chi connectivity index (χ2v) is 5.61. The molecule has 0 aliphatic carbocycles. The lowest BCUT2D eigenvalue weighted by Gasteiger charge is -2.34. The van der Waals surface area contributed by atoms with Crippen LogP contribution in [-0.2, 0) is 19.0 Å². The topological polar surface area (TPSA) is 97.3 Å². The molecule has 0 saturated carbocycles. The average molecular weight is 286 g/mol. The molecular formula is C12H18N2O6. The van der Waals surface area contributed by atoms with Crippen LogP contribution in [0.15, 0.2) is 0 Å². The van der Waals surface area contributed by atoms with Gasteiger partial charge in [0.1, 0.15) is 18.3 Å². The van der Waals surface area contributed by atoms with E-state index in [-0.39, 0.29) is 25.5 Å². The largest absolute Gasteiger partial charge is 0.394 e. The van der Waals surface area contributed by atoms with Crippen LogP contribution < -0.4 is 5.32 Å². The Kier molecular flexibility index (Phi) is 3.20. The van der Waals surface area contributed by atoms with E-state index < -0.39 is 36.4 Å². The number of aliphatic hydroxyl groups excluding tert-OH is 1. The molecule has 3 aliphatic rings. The Morgan fingerprint density at radius 1 is 1.35 bits per heavy atom. The normalized spacial score (nSPS) is 39.9. The zero-order valence-corrected chi connectivity index (χ0v) is 11.4. The van der Waals surface area contributed by atoms with Gasteiger partial charge >= 0.3 is 6.03 Å². The van der Waals surface area contributed by atoms with Crippen LogP contribution in [0.25, 0.3) is 0 Å². The first-order valence-corrected chi connectivity index (χ1v) is 6.64. The van der Waals surface area contributed by atoms with Crippen molar-refractivity contribution in [3.05, 3.63) is 0 Å². The number of fused-ring (bicyclic) bond motifs is 1. The Balaban J connectivity index is 1.80. The van der Waals surface area contributed by atoms with Crippen LogP contribution in [0.5, 0.6) is 0 Å². The molecule has 0 aromatic heterocycles. The number of carbonyl (C=O) groups excluding carboxylic acids is 2. The predicted molar refractivity (Wildman–Crippen MR) is 64.4 cm³/mol. The molecule has 0 unspecified atom stereocenters. The molecule has 3 amide bonds. The first-order chi connectivity index (χ1) is 9.41. The highest BCUT2D eigenvalue weighted by Gasteiger charge is 2.57. The zero-order chi connectivity index (χ0) is 14.5. The van der Waals surface area contributed by atoms with Crippen molar-refractivity contribution in [2.45, 2.75) is 50.6 Å². The number of imide groups is 1. The molecule has 20 heavy (non-hydrogen) atoms. The Labute approximate surface area is 116 Å². The molecule has 0 radical (unpaired) electrons. The smallest absolute Gasteiger partial charge is 0.326 e. The van der Waals surface area contributed by atoms with Crippen LogP contribution in [0.4, 0.5) is 4.79 Å². The number of urea groups is 1. The van der Waals surface area contributed by atoms with Gasteiger partial charge in [-0.15, -0.1) is 0 Å². The van der Waals surface area contributed by atoms with Crippen LogP contribution in [0.2, 0.25) is 0 Å². The fourth-order valence-corrected chi connectivity index (χ4v) is 2.88. The van der Waals surface area contributed by atoms with E-state index in [2.05, 4.69) is 5.32 Å². The molecule has 3 aliphatic heterocycles. The SMILES string of the molecule is CC1(C)O[C@@H]2[C@H](O1)[C@@H](CO)O[C@H]2N1CCC(=O)NC1=O. The lowest BCUT2D eigenvalue weighted by atomic mass is 10.1. The van der Waals surface area contributed by atoms with Crippen molar-refractivity contribution in [3.8, 4) is 0 Å². The predicted octanol–water partition coefficient (Wildman–Crippen LogP) is -0.834. The molecule has 8 heteroatoms. The number of hydrogen-bond acceptors (Lipinski definition) is 6. The maximum atomic E-state index is 11.9. The molecule has 8 nitrogen and oxygen atoms in total. The molecular weight excluding hydrogens is 268 g/mol. The van der Waals surface area contributed by atoms with Gasteiger partial charge in [-0.2, -0.15) is 0 Å². The number of aliphatic hydroxyl groups is 1. The summed E-state index contributed by atoms with van der Waals surface area (Å²) in [6, 6.07) is -0.503. The van der Waals surface area contributed by atoms with Crippen molar-refractivity contribution in [3.63, 3.8) is 0 Å². The molecule has 3 fully saturated rings. The third-order valence-electron chi connectivity index (χ3n) is 3.70. The third-order valence-corrected chi connectivity index (χ3v) is 3.70. The number of ether oxygens (including phenoxy) is 3. The Morgan fingerprint density at radius 3 is 2.70 bits per heavy atom. The van der Waals surface area contributed by atoms with Crippen molar-refractivity contribution in [2.24, 2.45) is 0 Å². The molecule has 0 spiro atoms. The van der Waals surface area contributed by atoms with E-state index in [1.807, 2.05) is 0 Å². The van der Waals surface area contributed by atoms with E-state index in [0.29, 0.717) is 0 Å². The highest BCUT2D eigenvalue weighted by Crippen LogP contribution is 2.39. The number of rotatable bonds is 2. The summed E-state index contributed by atoms with van der Waals surface area (Å²) < 4.78 is 17.2. The molecule has 3 saturated heterocycles. The molecule has 0 aromatic carbocycles. The van der Waals surface area contributed by atoms with Gasteiger partial charge in [0.05, 0.1) is 6.61 Å².